The van der Waals surface area contributed by atoms with Crippen molar-refractivity contribution in [1.82, 2.24) is 10.4 Å². The number of rotatable bonds is 3. The zero-order valence-electron chi connectivity index (χ0n) is 8.66. The largest absolute Gasteiger partial charge is 0.443 e. The van der Waals surface area contributed by atoms with Crippen molar-refractivity contribution >= 4 is 45.3 Å². The molecule has 2 aromatic rings. The SMILES string of the molecule is NNC(c1csc(I)c1)c1cnc(C(F)(F)F)s1. The molecule has 3 nitrogen and oxygen atoms in total. The summed E-state index contributed by atoms with van der Waals surface area (Å²) in [5, 5.41) is 1.00. The molecule has 0 saturated carbocycles. The summed E-state index contributed by atoms with van der Waals surface area (Å²) in [6.07, 6.45) is -3.20. The van der Waals surface area contributed by atoms with Gasteiger partial charge < -0.3 is 0 Å². The Balaban J connectivity index is 2.31. The number of nitrogens with zero attached hydrogens (tertiary/aromatic N) is 1. The van der Waals surface area contributed by atoms with Crippen molar-refractivity contribution in [2.45, 2.75) is 12.2 Å². The summed E-state index contributed by atoms with van der Waals surface area (Å²) in [4.78, 5) is 3.83. The Morgan fingerprint density at radius 2 is 2.17 bits per heavy atom. The Labute approximate surface area is 122 Å². The van der Waals surface area contributed by atoms with Gasteiger partial charge in [0.05, 0.1) is 8.93 Å². The summed E-state index contributed by atoms with van der Waals surface area (Å²) < 4.78 is 38.5. The third-order valence-corrected chi connectivity index (χ3v) is 5.05. The molecule has 2 heterocycles. The first kappa shape index (κ1) is 14.2. The number of hydrogen-bond acceptors (Lipinski definition) is 5. The lowest BCUT2D eigenvalue weighted by Crippen LogP contribution is -2.27. The van der Waals surface area contributed by atoms with Gasteiger partial charge in [-0.3, -0.25) is 5.84 Å². The molecule has 0 aliphatic heterocycles. The van der Waals surface area contributed by atoms with E-state index in [4.69, 9.17) is 5.84 Å². The van der Waals surface area contributed by atoms with E-state index in [1.165, 1.54) is 17.5 Å². The highest BCUT2D eigenvalue weighted by atomic mass is 127. The Morgan fingerprint density at radius 1 is 1.44 bits per heavy atom. The first-order valence-electron chi connectivity index (χ1n) is 4.65. The van der Waals surface area contributed by atoms with Gasteiger partial charge in [-0.25, -0.2) is 10.4 Å². The first-order chi connectivity index (χ1) is 8.41. The van der Waals surface area contributed by atoms with E-state index in [2.05, 4.69) is 33.0 Å². The number of thiazole rings is 1. The molecule has 0 aliphatic rings. The highest BCUT2D eigenvalue weighted by molar-refractivity contribution is 14.1. The smallest absolute Gasteiger partial charge is 0.271 e. The summed E-state index contributed by atoms with van der Waals surface area (Å²) in [6.45, 7) is 0. The summed E-state index contributed by atoms with van der Waals surface area (Å²) in [7, 11) is 0. The fraction of sp³-hybridized carbons (Fsp3) is 0.222. The van der Waals surface area contributed by atoms with Crippen LogP contribution in [-0.4, -0.2) is 4.98 Å². The van der Waals surface area contributed by atoms with Gasteiger partial charge in [0.1, 0.15) is 0 Å². The maximum absolute atomic E-state index is 12.5. The van der Waals surface area contributed by atoms with Crippen molar-refractivity contribution in [3.05, 3.63) is 36.0 Å². The van der Waals surface area contributed by atoms with Gasteiger partial charge in [-0.2, -0.15) is 13.2 Å². The van der Waals surface area contributed by atoms with Crippen LogP contribution in [0.5, 0.6) is 0 Å². The molecule has 0 fully saturated rings. The fourth-order valence-corrected chi connectivity index (χ4v) is 3.64. The van der Waals surface area contributed by atoms with Crippen LogP contribution in [0.2, 0.25) is 0 Å². The topological polar surface area (TPSA) is 50.9 Å². The van der Waals surface area contributed by atoms with Crippen molar-refractivity contribution in [1.29, 1.82) is 0 Å². The molecule has 1 unspecified atom stereocenters. The van der Waals surface area contributed by atoms with E-state index in [-0.39, 0.29) is 0 Å². The van der Waals surface area contributed by atoms with E-state index in [0.717, 1.165) is 8.45 Å². The normalized spacial score (nSPS) is 13.8. The molecule has 0 radical (unpaired) electrons. The molecule has 2 aromatic heterocycles. The Kier molecular flexibility index (Phi) is 4.26. The predicted molar refractivity (Wildman–Crippen MR) is 73.3 cm³/mol. The molecule has 0 amide bonds. The second-order valence-electron chi connectivity index (χ2n) is 3.35. The van der Waals surface area contributed by atoms with Crippen LogP contribution in [0.1, 0.15) is 21.5 Å². The van der Waals surface area contributed by atoms with Crippen LogP contribution in [0.3, 0.4) is 0 Å². The van der Waals surface area contributed by atoms with Gasteiger partial charge >= 0.3 is 6.18 Å². The number of aromatic nitrogens is 1. The van der Waals surface area contributed by atoms with Crippen LogP contribution < -0.4 is 11.3 Å². The summed E-state index contributed by atoms with van der Waals surface area (Å²) in [6, 6.07) is 1.42. The summed E-state index contributed by atoms with van der Waals surface area (Å²) >= 11 is 4.25. The lowest BCUT2D eigenvalue weighted by Gasteiger charge is -2.11. The maximum Gasteiger partial charge on any atom is 0.443 e. The molecule has 0 bridgehead atoms. The average Bonchev–Trinajstić information content (AvgIpc) is 2.88. The number of halogens is 4. The second-order valence-corrected chi connectivity index (χ2v) is 7.22. The zero-order chi connectivity index (χ0) is 13.3. The van der Waals surface area contributed by atoms with Crippen molar-refractivity contribution in [2.24, 2.45) is 5.84 Å². The number of hydrazine groups is 1. The highest BCUT2D eigenvalue weighted by Crippen LogP contribution is 2.36. The second kappa shape index (κ2) is 5.41. The maximum atomic E-state index is 12.5. The number of hydrogen-bond donors (Lipinski definition) is 2. The number of thiophene rings is 1. The minimum Gasteiger partial charge on any atom is -0.271 e. The zero-order valence-corrected chi connectivity index (χ0v) is 12.5. The number of nitrogens with one attached hydrogen (secondary N) is 1. The van der Waals surface area contributed by atoms with Gasteiger partial charge in [-0.15, -0.1) is 22.7 Å². The Morgan fingerprint density at radius 3 is 2.61 bits per heavy atom. The molecule has 18 heavy (non-hydrogen) atoms. The molecule has 1 atom stereocenters. The monoisotopic (exact) mass is 405 g/mol. The molecule has 0 saturated heterocycles. The highest BCUT2D eigenvalue weighted by Gasteiger charge is 2.35. The summed E-state index contributed by atoms with van der Waals surface area (Å²) in [5.74, 6) is 5.41. The molecular weight excluding hydrogens is 398 g/mol. The van der Waals surface area contributed by atoms with Crippen molar-refractivity contribution < 1.29 is 13.2 Å². The molecular formula is C9H7F3IN3S2. The molecule has 3 N–H and O–H groups in total. The van der Waals surface area contributed by atoms with E-state index < -0.39 is 17.2 Å². The van der Waals surface area contributed by atoms with Crippen LogP contribution in [0.4, 0.5) is 13.2 Å². The molecule has 0 spiro atoms. The van der Waals surface area contributed by atoms with Crippen LogP contribution in [0.15, 0.2) is 17.6 Å². The molecule has 9 heteroatoms. The molecule has 0 aliphatic carbocycles. The van der Waals surface area contributed by atoms with Gasteiger partial charge in [-0.1, -0.05) is 0 Å². The minimum atomic E-state index is -4.41. The quantitative estimate of drug-likeness (QED) is 0.468. The van der Waals surface area contributed by atoms with Crippen LogP contribution in [0, 0.1) is 2.88 Å². The van der Waals surface area contributed by atoms with Gasteiger partial charge in [0, 0.05) is 11.1 Å². The van der Waals surface area contributed by atoms with E-state index in [1.807, 2.05) is 11.4 Å². The molecule has 98 valence electrons. The lowest BCUT2D eigenvalue weighted by atomic mass is 10.1. The van der Waals surface area contributed by atoms with Crippen molar-refractivity contribution in [3.8, 4) is 0 Å². The fourth-order valence-electron chi connectivity index (χ4n) is 1.37. The first-order valence-corrected chi connectivity index (χ1v) is 7.42. The van der Waals surface area contributed by atoms with Crippen molar-refractivity contribution in [2.75, 3.05) is 0 Å². The Hall–Kier alpha value is -0.230. The lowest BCUT2D eigenvalue weighted by molar-refractivity contribution is -0.137. The van der Waals surface area contributed by atoms with Gasteiger partial charge in [0.2, 0.25) is 0 Å². The van der Waals surface area contributed by atoms with E-state index in [0.29, 0.717) is 16.2 Å². The van der Waals surface area contributed by atoms with E-state index in [1.54, 1.807) is 0 Å². The van der Waals surface area contributed by atoms with Crippen LogP contribution >= 0.6 is 45.3 Å². The van der Waals surface area contributed by atoms with Crippen LogP contribution in [0.25, 0.3) is 0 Å². The number of nitrogens with two attached hydrogens (primary N) is 1. The molecule has 2 rings (SSSR count). The third kappa shape index (κ3) is 3.02. The van der Waals surface area contributed by atoms with Gasteiger partial charge in [0.25, 0.3) is 0 Å². The predicted octanol–water partition coefficient (Wildman–Crippen LogP) is 3.38. The van der Waals surface area contributed by atoms with Crippen molar-refractivity contribution in [3.63, 3.8) is 0 Å². The third-order valence-electron chi connectivity index (χ3n) is 2.14. The Bertz CT molecular complexity index is 537. The van der Waals surface area contributed by atoms with Crippen LogP contribution in [-0.2, 0) is 6.18 Å². The van der Waals surface area contributed by atoms with E-state index >= 15 is 0 Å². The number of alkyl halides is 3. The van der Waals surface area contributed by atoms with E-state index in [9.17, 15) is 13.2 Å². The summed E-state index contributed by atoms with van der Waals surface area (Å²) in [5.41, 5.74) is 3.36. The minimum absolute atomic E-state index is 0.444. The van der Waals surface area contributed by atoms with Gasteiger partial charge in [-0.05, 0) is 39.6 Å². The standard InChI is InChI=1S/C9H7F3IN3S2/c10-9(11,12)8-15-2-5(18-8)7(16-14)4-1-6(13)17-3-4/h1-3,7,16H,14H2. The molecule has 0 aromatic carbocycles. The van der Waals surface area contributed by atoms with Gasteiger partial charge in [0.15, 0.2) is 5.01 Å². The average molecular weight is 405 g/mol.